The molecule has 172 valence electrons. The van der Waals surface area contributed by atoms with Crippen molar-refractivity contribution in [1.29, 1.82) is 0 Å². The summed E-state index contributed by atoms with van der Waals surface area (Å²) in [5, 5.41) is 7.69. The van der Waals surface area contributed by atoms with E-state index in [0.717, 1.165) is 28.5 Å². The summed E-state index contributed by atoms with van der Waals surface area (Å²) in [7, 11) is -3.82. The Kier molecular flexibility index (Phi) is 6.94. The second-order valence-electron chi connectivity index (χ2n) is 7.37. The van der Waals surface area contributed by atoms with Gasteiger partial charge < -0.3 is 5.32 Å². The zero-order chi connectivity index (χ0) is 24.3. The Bertz CT molecular complexity index is 1390. The number of benzene rings is 3. The Morgan fingerprint density at radius 1 is 0.971 bits per heavy atom. The lowest BCUT2D eigenvalue weighted by molar-refractivity contribution is -0.126. The average molecular weight is 510 g/mol. The van der Waals surface area contributed by atoms with Gasteiger partial charge in [-0.2, -0.15) is 0 Å². The van der Waals surface area contributed by atoms with Crippen LogP contribution in [0.5, 0.6) is 0 Å². The van der Waals surface area contributed by atoms with Gasteiger partial charge in [-0.3, -0.25) is 14.5 Å². The Morgan fingerprint density at radius 2 is 1.59 bits per heavy atom. The first kappa shape index (κ1) is 23.8. The molecular weight excluding hydrogens is 490 g/mol. The molecule has 3 N–H and O–H groups in total. The summed E-state index contributed by atoms with van der Waals surface area (Å²) in [4.78, 5) is 26.9. The van der Waals surface area contributed by atoms with Crippen molar-refractivity contribution < 1.29 is 18.0 Å². The van der Waals surface area contributed by atoms with Gasteiger partial charge in [-0.15, -0.1) is 0 Å². The third-order valence-electron chi connectivity index (χ3n) is 4.96. The van der Waals surface area contributed by atoms with E-state index >= 15 is 0 Å². The maximum Gasteiger partial charge on any atom is 0.266 e. The molecule has 1 heterocycles. The topological polar surface area (TPSA) is 110 Å². The molecule has 3 aromatic carbocycles. The van der Waals surface area contributed by atoms with Gasteiger partial charge in [0.25, 0.3) is 5.91 Å². The fourth-order valence-corrected chi connectivity index (χ4v) is 5.03. The van der Waals surface area contributed by atoms with E-state index in [2.05, 4.69) is 5.32 Å². The quantitative estimate of drug-likeness (QED) is 0.386. The smallest absolute Gasteiger partial charge is 0.266 e. The summed E-state index contributed by atoms with van der Waals surface area (Å²) in [6.07, 6.45) is 1.75. The lowest BCUT2D eigenvalue weighted by atomic mass is 10.0. The summed E-state index contributed by atoms with van der Waals surface area (Å²) in [5.74, 6) is -0.810. The normalized spacial score (nSPS) is 15.1. The van der Waals surface area contributed by atoms with Crippen LogP contribution >= 0.6 is 24.0 Å². The highest BCUT2D eigenvalue weighted by Gasteiger charge is 2.33. The van der Waals surface area contributed by atoms with Crippen molar-refractivity contribution in [3.63, 3.8) is 0 Å². The van der Waals surface area contributed by atoms with Gasteiger partial charge in [0.1, 0.15) is 10.9 Å². The number of carbonyl (C=O) groups is 2. The van der Waals surface area contributed by atoms with E-state index in [1.807, 2.05) is 54.6 Å². The number of carbonyl (C=O) groups excluding carboxylic acids is 2. The lowest BCUT2D eigenvalue weighted by Crippen LogP contribution is -2.36. The number of thiocarbonyl (C=S) groups is 1. The molecule has 0 aliphatic carbocycles. The summed E-state index contributed by atoms with van der Waals surface area (Å²) in [5.41, 5.74) is 3.39. The van der Waals surface area contributed by atoms with Crippen LogP contribution in [0.2, 0.25) is 0 Å². The van der Waals surface area contributed by atoms with Gasteiger partial charge in [-0.1, -0.05) is 78.6 Å². The molecule has 10 heteroatoms. The van der Waals surface area contributed by atoms with E-state index in [4.69, 9.17) is 17.4 Å². The van der Waals surface area contributed by atoms with E-state index in [-0.39, 0.29) is 21.7 Å². The summed E-state index contributed by atoms with van der Waals surface area (Å²) >= 11 is 6.44. The standard InChI is InChI=1S/C24H19N3O4S3/c25-34(30,31)20-12-10-19(11-13-20)26-22(28)15-27-23(29)21(33-24(27)32)14-16-6-8-18(9-7-16)17-4-2-1-3-5-17/h1-14H,15H2,(H,26,28)(H2,25,30,31)/b21-14-. The summed E-state index contributed by atoms with van der Waals surface area (Å²) in [6.45, 7) is -0.258. The summed E-state index contributed by atoms with van der Waals surface area (Å²) in [6, 6.07) is 23.2. The average Bonchev–Trinajstić information content (AvgIpc) is 3.07. The molecule has 7 nitrogen and oxygen atoms in total. The van der Waals surface area contributed by atoms with E-state index < -0.39 is 15.9 Å². The Morgan fingerprint density at radius 3 is 2.21 bits per heavy atom. The van der Waals surface area contributed by atoms with Gasteiger partial charge in [-0.25, -0.2) is 13.6 Å². The fourth-order valence-electron chi connectivity index (χ4n) is 3.26. The number of thioether (sulfide) groups is 1. The SMILES string of the molecule is NS(=O)(=O)c1ccc(NC(=O)CN2C(=O)/C(=C/c3ccc(-c4ccccc4)cc3)SC2=S)cc1. The molecule has 0 unspecified atom stereocenters. The first-order valence-corrected chi connectivity index (χ1v) is 12.8. The number of nitrogens with one attached hydrogen (secondary N) is 1. The number of primary sulfonamides is 1. The molecule has 2 amide bonds. The zero-order valence-corrected chi connectivity index (χ0v) is 20.1. The number of rotatable bonds is 6. The zero-order valence-electron chi connectivity index (χ0n) is 17.7. The predicted molar refractivity (Wildman–Crippen MR) is 138 cm³/mol. The molecule has 1 fully saturated rings. The minimum Gasteiger partial charge on any atom is -0.325 e. The van der Waals surface area contributed by atoms with Gasteiger partial charge >= 0.3 is 0 Å². The highest BCUT2D eigenvalue weighted by molar-refractivity contribution is 8.26. The molecule has 0 spiro atoms. The number of nitrogens with two attached hydrogens (primary N) is 1. The monoisotopic (exact) mass is 509 g/mol. The van der Waals surface area contributed by atoms with Crippen LogP contribution in [0, 0.1) is 0 Å². The lowest BCUT2D eigenvalue weighted by Gasteiger charge is -2.14. The summed E-state index contributed by atoms with van der Waals surface area (Å²) < 4.78 is 23.0. The molecule has 1 aliphatic rings. The van der Waals surface area contributed by atoms with E-state index in [0.29, 0.717) is 10.6 Å². The van der Waals surface area contributed by atoms with Crippen molar-refractivity contribution in [2.24, 2.45) is 5.14 Å². The maximum absolute atomic E-state index is 12.8. The van der Waals surface area contributed by atoms with Gasteiger partial charge in [0, 0.05) is 5.69 Å². The number of anilines is 1. The largest absolute Gasteiger partial charge is 0.325 e. The maximum atomic E-state index is 12.8. The van der Waals surface area contributed by atoms with Gasteiger partial charge in [0.15, 0.2) is 0 Å². The number of sulfonamides is 1. The van der Waals surface area contributed by atoms with Crippen molar-refractivity contribution in [2.75, 3.05) is 11.9 Å². The van der Waals surface area contributed by atoms with Crippen LogP contribution < -0.4 is 10.5 Å². The van der Waals surface area contributed by atoms with Crippen LogP contribution in [0.25, 0.3) is 17.2 Å². The molecule has 0 saturated carbocycles. The van der Waals surface area contributed by atoms with Crippen LogP contribution in [-0.4, -0.2) is 36.0 Å². The van der Waals surface area contributed by atoms with Gasteiger partial charge in [0.05, 0.1) is 9.80 Å². The minimum atomic E-state index is -3.82. The second kappa shape index (κ2) is 9.90. The van der Waals surface area contributed by atoms with Crippen LogP contribution in [-0.2, 0) is 19.6 Å². The molecule has 3 aromatic rings. The molecule has 1 saturated heterocycles. The molecule has 0 bridgehead atoms. The molecule has 0 atom stereocenters. The highest BCUT2D eigenvalue weighted by Crippen LogP contribution is 2.33. The molecular formula is C24H19N3O4S3. The van der Waals surface area contributed by atoms with Crippen molar-refractivity contribution in [3.8, 4) is 11.1 Å². The molecule has 0 aromatic heterocycles. The van der Waals surface area contributed by atoms with Crippen LogP contribution in [0.15, 0.2) is 88.7 Å². The van der Waals surface area contributed by atoms with Crippen molar-refractivity contribution >= 4 is 61.9 Å². The number of hydrogen-bond donors (Lipinski definition) is 2. The van der Waals surface area contributed by atoms with Crippen LogP contribution in [0.4, 0.5) is 5.69 Å². The number of hydrogen-bond acceptors (Lipinski definition) is 6. The first-order chi connectivity index (χ1) is 16.2. The minimum absolute atomic E-state index is 0.0654. The van der Waals surface area contributed by atoms with Crippen molar-refractivity contribution in [1.82, 2.24) is 4.90 Å². The molecule has 1 aliphatic heterocycles. The second-order valence-corrected chi connectivity index (χ2v) is 10.6. The number of nitrogens with zero attached hydrogens (tertiary/aromatic N) is 1. The van der Waals surface area contributed by atoms with E-state index in [1.54, 1.807) is 6.08 Å². The Labute approximate surface area is 206 Å². The fraction of sp³-hybridized carbons (Fsp3) is 0.0417. The number of amides is 2. The van der Waals surface area contributed by atoms with E-state index in [1.165, 1.54) is 29.2 Å². The van der Waals surface area contributed by atoms with Gasteiger partial charge in [-0.05, 0) is 47.0 Å². The first-order valence-electron chi connectivity index (χ1n) is 10.0. The third kappa shape index (κ3) is 5.60. The highest BCUT2D eigenvalue weighted by atomic mass is 32.2. The van der Waals surface area contributed by atoms with Crippen LogP contribution in [0.1, 0.15) is 5.56 Å². The van der Waals surface area contributed by atoms with Crippen molar-refractivity contribution in [3.05, 3.63) is 89.3 Å². The molecule has 0 radical (unpaired) electrons. The molecule has 4 rings (SSSR count). The van der Waals surface area contributed by atoms with Crippen molar-refractivity contribution in [2.45, 2.75) is 4.90 Å². The Balaban J connectivity index is 1.41. The predicted octanol–water partition coefficient (Wildman–Crippen LogP) is 3.84. The van der Waals surface area contributed by atoms with Crippen LogP contribution in [0.3, 0.4) is 0 Å². The van der Waals surface area contributed by atoms with Gasteiger partial charge in [0.2, 0.25) is 15.9 Å². The Hall–Kier alpha value is -3.31. The molecule has 34 heavy (non-hydrogen) atoms. The van der Waals surface area contributed by atoms with E-state index in [9.17, 15) is 18.0 Å². The third-order valence-corrected chi connectivity index (χ3v) is 7.26.